The highest BCUT2D eigenvalue weighted by Gasteiger charge is 2.25. The highest BCUT2D eigenvalue weighted by Crippen LogP contribution is 2.40. The Bertz CT molecular complexity index is 890. The number of carboxylic acid groups (broad SMARTS) is 1. The highest BCUT2D eigenvalue weighted by molar-refractivity contribution is 5.91. The molecule has 3 rings (SSSR count). The van der Waals surface area contributed by atoms with Gasteiger partial charge >= 0.3 is 12.0 Å². The maximum absolute atomic E-state index is 12.7. The van der Waals surface area contributed by atoms with Gasteiger partial charge in [0.1, 0.15) is 0 Å². The van der Waals surface area contributed by atoms with Gasteiger partial charge in [-0.1, -0.05) is 0 Å². The van der Waals surface area contributed by atoms with Crippen LogP contribution in [0.1, 0.15) is 21.5 Å². The van der Waals surface area contributed by atoms with Gasteiger partial charge in [0.15, 0.2) is 11.5 Å². The molecule has 2 N–H and O–H groups in total. The van der Waals surface area contributed by atoms with Crippen molar-refractivity contribution >= 4 is 17.7 Å². The van der Waals surface area contributed by atoms with Gasteiger partial charge < -0.3 is 29.5 Å². The molecule has 1 aromatic carbocycles. The molecule has 9 nitrogen and oxygen atoms in total. The van der Waals surface area contributed by atoms with E-state index in [1.807, 2.05) is 0 Å². The van der Waals surface area contributed by atoms with Crippen molar-refractivity contribution in [2.75, 3.05) is 33.2 Å². The second-order valence-corrected chi connectivity index (χ2v) is 6.15. The number of carbonyl (C=O) groups excluding carboxylic acids is 1. The van der Waals surface area contributed by atoms with E-state index in [0.717, 1.165) is 11.1 Å². The Hall–Kier alpha value is -3.49. The van der Waals surface area contributed by atoms with E-state index in [1.165, 1.54) is 27.5 Å². The standard InChI is InChI=1S/C19H21N3O6/c1-26-15-6-12(7-16(27-2)17(15)28-3)21-19(25)22-5-4-13-11(10-22)8-20-9-14(13)18(23)24/h6-9H,4-5,10H2,1-3H3,(H,21,25)(H,23,24). The zero-order valence-corrected chi connectivity index (χ0v) is 15.8. The first-order valence-electron chi connectivity index (χ1n) is 8.53. The summed E-state index contributed by atoms with van der Waals surface area (Å²) in [6, 6.07) is 2.96. The van der Waals surface area contributed by atoms with E-state index in [0.29, 0.717) is 35.9 Å². The molecule has 2 aromatic rings. The van der Waals surface area contributed by atoms with Crippen LogP contribution in [0.3, 0.4) is 0 Å². The molecule has 0 saturated carbocycles. The molecule has 1 aromatic heterocycles. The van der Waals surface area contributed by atoms with Gasteiger partial charge in [0.05, 0.1) is 32.6 Å². The number of ether oxygens (including phenoxy) is 3. The molecule has 0 saturated heterocycles. The average Bonchev–Trinajstić information content (AvgIpc) is 2.71. The van der Waals surface area contributed by atoms with Crippen LogP contribution in [0, 0.1) is 0 Å². The Balaban J connectivity index is 1.79. The third-order valence-electron chi connectivity index (χ3n) is 4.57. The molecule has 0 spiro atoms. The largest absolute Gasteiger partial charge is 0.493 e. The first kappa shape index (κ1) is 19.3. The number of rotatable bonds is 5. The van der Waals surface area contributed by atoms with Gasteiger partial charge in [0.2, 0.25) is 5.75 Å². The van der Waals surface area contributed by atoms with Crippen LogP contribution in [-0.4, -0.2) is 54.9 Å². The van der Waals surface area contributed by atoms with Crippen LogP contribution >= 0.6 is 0 Å². The Morgan fingerprint density at radius 2 is 1.79 bits per heavy atom. The molecule has 2 amide bonds. The summed E-state index contributed by atoms with van der Waals surface area (Å²) in [5.74, 6) is 0.273. The van der Waals surface area contributed by atoms with Crippen molar-refractivity contribution in [3.05, 3.63) is 41.2 Å². The first-order chi connectivity index (χ1) is 13.5. The lowest BCUT2D eigenvalue weighted by molar-refractivity contribution is 0.0694. The number of aromatic carboxylic acids is 1. The van der Waals surface area contributed by atoms with Crippen molar-refractivity contribution in [3.63, 3.8) is 0 Å². The number of urea groups is 1. The Morgan fingerprint density at radius 1 is 1.11 bits per heavy atom. The third-order valence-corrected chi connectivity index (χ3v) is 4.57. The van der Waals surface area contributed by atoms with Gasteiger partial charge in [0.25, 0.3) is 0 Å². The second kappa shape index (κ2) is 8.03. The van der Waals surface area contributed by atoms with Crippen LogP contribution in [0.2, 0.25) is 0 Å². The highest BCUT2D eigenvalue weighted by atomic mass is 16.5. The van der Waals surface area contributed by atoms with Crippen LogP contribution in [0.15, 0.2) is 24.5 Å². The maximum Gasteiger partial charge on any atom is 0.337 e. The van der Waals surface area contributed by atoms with Gasteiger partial charge in [-0.3, -0.25) is 4.98 Å². The number of hydrogen-bond acceptors (Lipinski definition) is 6. The van der Waals surface area contributed by atoms with E-state index in [9.17, 15) is 14.7 Å². The van der Waals surface area contributed by atoms with Crippen LogP contribution < -0.4 is 19.5 Å². The number of carboxylic acids is 1. The number of amides is 2. The zero-order valence-electron chi connectivity index (χ0n) is 15.8. The number of anilines is 1. The van der Waals surface area contributed by atoms with Crippen LogP contribution in [-0.2, 0) is 13.0 Å². The third kappa shape index (κ3) is 3.64. The number of methoxy groups -OCH3 is 3. The number of pyridine rings is 1. The summed E-state index contributed by atoms with van der Waals surface area (Å²) in [5, 5.41) is 12.1. The van der Waals surface area contributed by atoms with Crippen LogP contribution in [0.5, 0.6) is 17.2 Å². The molecule has 0 unspecified atom stereocenters. The van der Waals surface area contributed by atoms with Gasteiger partial charge in [-0.15, -0.1) is 0 Å². The molecule has 0 aliphatic carbocycles. The molecule has 28 heavy (non-hydrogen) atoms. The average molecular weight is 387 g/mol. The summed E-state index contributed by atoms with van der Waals surface area (Å²) >= 11 is 0. The minimum absolute atomic E-state index is 0.183. The molecule has 2 heterocycles. The van der Waals surface area contributed by atoms with E-state index in [1.54, 1.807) is 23.2 Å². The summed E-state index contributed by atoms with van der Waals surface area (Å²) in [5.41, 5.74) is 2.12. The van der Waals surface area contributed by atoms with Crippen molar-refractivity contribution in [1.29, 1.82) is 0 Å². The van der Waals surface area contributed by atoms with E-state index < -0.39 is 5.97 Å². The number of fused-ring (bicyclic) bond motifs is 1. The van der Waals surface area contributed by atoms with Crippen molar-refractivity contribution in [2.24, 2.45) is 0 Å². The minimum Gasteiger partial charge on any atom is -0.493 e. The fraction of sp³-hybridized carbons (Fsp3) is 0.316. The molecule has 0 bridgehead atoms. The fourth-order valence-corrected chi connectivity index (χ4v) is 3.21. The molecular weight excluding hydrogens is 366 g/mol. The van der Waals surface area contributed by atoms with Gasteiger partial charge in [-0.05, 0) is 17.5 Å². The number of hydrogen-bond donors (Lipinski definition) is 2. The van der Waals surface area contributed by atoms with Gasteiger partial charge in [-0.2, -0.15) is 0 Å². The van der Waals surface area contributed by atoms with Crippen LogP contribution in [0.25, 0.3) is 0 Å². The summed E-state index contributed by atoms with van der Waals surface area (Å²) in [6.07, 6.45) is 3.38. The van der Waals surface area contributed by atoms with Crippen molar-refractivity contribution < 1.29 is 28.9 Å². The Labute approximate surface area is 161 Å². The SMILES string of the molecule is COc1cc(NC(=O)N2CCc3c(cncc3C(=O)O)C2)cc(OC)c1OC. The van der Waals surface area contributed by atoms with E-state index in [4.69, 9.17) is 14.2 Å². The summed E-state index contributed by atoms with van der Waals surface area (Å²) in [6.45, 7) is 0.674. The normalized spacial score (nSPS) is 12.8. The van der Waals surface area contributed by atoms with Crippen molar-refractivity contribution in [3.8, 4) is 17.2 Å². The monoisotopic (exact) mass is 387 g/mol. The molecule has 148 valence electrons. The molecule has 1 aliphatic rings. The van der Waals surface area contributed by atoms with E-state index in [-0.39, 0.29) is 18.1 Å². The number of nitrogens with one attached hydrogen (secondary N) is 1. The summed E-state index contributed by atoms with van der Waals surface area (Å²) in [7, 11) is 4.50. The van der Waals surface area contributed by atoms with Gasteiger partial charge in [-0.25, -0.2) is 9.59 Å². The van der Waals surface area contributed by atoms with Crippen molar-refractivity contribution in [1.82, 2.24) is 9.88 Å². The smallest absolute Gasteiger partial charge is 0.337 e. The lowest BCUT2D eigenvalue weighted by atomic mass is 9.97. The Kier molecular flexibility index (Phi) is 5.53. The quantitative estimate of drug-likeness (QED) is 0.810. The predicted molar refractivity (Wildman–Crippen MR) is 100 cm³/mol. The number of aromatic nitrogens is 1. The predicted octanol–water partition coefficient (Wildman–Crippen LogP) is 2.40. The number of carbonyl (C=O) groups is 2. The van der Waals surface area contributed by atoms with Gasteiger partial charge in [0, 0.05) is 37.6 Å². The van der Waals surface area contributed by atoms with Crippen molar-refractivity contribution in [2.45, 2.75) is 13.0 Å². The minimum atomic E-state index is -1.01. The molecule has 0 fully saturated rings. The van der Waals surface area contributed by atoms with E-state index in [2.05, 4.69) is 10.3 Å². The molecule has 0 atom stereocenters. The van der Waals surface area contributed by atoms with E-state index >= 15 is 0 Å². The second-order valence-electron chi connectivity index (χ2n) is 6.15. The first-order valence-corrected chi connectivity index (χ1v) is 8.53. The number of benzene rings is 1. The molecule has 1 aliphatic heterocycles. The fourth-order valence-electron chi connectivity index (χ4n) is 3.21. The summed E-state index contributed by atoms with van der Waals surface area (Å²) < 4.78 is 15.9. The number of nitrogens with zero attached hydrogens (tertiary/aromatic N) is 2. The lowest BCUT2D eigenvalue weighted by Gasteiger charge is -2.29. The lowest BCUT2D eigenvalue weighted by Crippen LogP contribution is -2.39. The molecule has 9 heteroatoms. The zero-order chi connectivity index (χ0) is 20.3. The molecule has 0 radical (unpaired) electrons. The topological polar surface area (TPSA) is 110 Å². The summed E-state index contributed by atoms with van der Waals surface area (Å²) in [4.78, 5) is 29.6. The van der Waals surface area contributed by atoms with Crippen LogP contribution in [0.4, 0.5) is 10.5 Å². The Morgan fingerprint density at radius 3 is 2.36 bits per heavy atom. The molecular formula is C19H21N3O6. The maximum atomic E-state index is 12.7.